The quantitative estimate of drug-likeness (QED) is 0.565. The van der Waals surface area contributed by atoms with Gasteiger partial charge in [0.05, 0.1) is 29.0 Å². The third-order valence-corrected chi connectivity index (χ3v) is 5.93. The van der Waals surface area contributed by atoms with Crippen molar-refractivity contribution in [3.8, 4) is 11.8 Å². The summed E-state index contributed by atoms with van der Waals surface area (Å²) in [5.41, 5.74) is 1.57. The Morgan fingerprint density at radius 1 is 1.15 bits per heavy atom. The van der Waals surface area contributed by atoms with Gasteiger partial charge in [0.15, 0.2) is 5.79 Å². The van der Waals surface area contributed by atoms with Gasteiger partial charge in [-0.2, -0.15) is 0 Å². The lowest BCUT2D eigenvalue weighted by Crippen LogP contribution is -2.31. The van der Waals surface area contributed by atoms with Crippen molar-refractivity contribution in [2.45, 2.75) is 31.6 Å². The van der Waals surface area contributed by atoms with Gasteiger partial charge in [-0.05, 0) is 29.6 Å². The Labute approximate surface area is 160 Å². The molecule has 0 saturated carbocycles. The fourth-order valence-corrected chi connectivity index (χ4v) is 4.32. The van der Waals surface area contributed by atoms with E-state index in [2.05, 4.69) is 11.8 Å². The van der Waals surface area contributed by atoms with Crippen LogP contribution in [0.1, 0.15) is 29.1 Å². The minimum atomic E-state index is -0.552. The van der Waals surface area contributed by atoms with Crippen LogP contribution in [-0.2, 0) is 22.4 Å². The number of aromatic nitrogens is 2. The van der Waals surface area contributed by atoms with Gasteiger partial charge in [-0.3, -0.25) is 9.36 Å². The highest BCUT2D eigenvalue weighted by Crippen LogP contribution is 2.31. The van der Waals surface area contributed by atoms with Crippen LogP contribution in [0.3, 0.4) is 0 Å². The summed E-state index contributed by atoms with van der Waals surface area (Å²) < 4.78 is 13.4. The summed E-state index contributed by atoms with van der Waals surface area (Å²) in [7, 11) is 0. The standard InChI is InChI=1S/C21H18N2O3S/c24-20-17-6-4-15(3-5-16-2-1-13-27-16)14-18(17)22-19-7-8-21(9-10-23(19)20)25-11-12-26-21/h1-2,4,6,13-14H,7-12H2. The fraction of sp³-hybridized carbons (Fsp3) is 0.333. The van der Waals surface area contributed by atoms with Gasteiger partial charge >= 0.3 is 0 Å². The molecule has 2 aliphatic rings. The number of thiophene rings is 1. The summed E-state index contributed by atoms with van der Waals surface area (Å²) in [6.45, 7) is 1.80. The van der Waals surface area contributed by atoms with Gasteiger partial charge < -0.3 is 9.47 Å². The number of benzene rings is 1. The van der Waals surface area contributed by atoms with Gasteiger partial charge in [-0.15, -0.1) is 11.3 Å². The molecule has 4 heterocycles. The molecule has 1 aromatic carbocycles. The fourth-order valence-electron chi connectivity index (χ4n) is 3.74. The number of nitrogens with zero attached hydrogens (tertiary/aromatic N) is 2. The lowest BCUT2D eigenvalue weighted by atomic mass is 10.1. The van der Waals surface area contributed by atoms with Crippen LogP contribution in [0.2, 0.25) is 0 Å². The number of ether oxygens (including phenoxy) is 2. The maximum atomic E-state index is 13.0. The van der Waals surface area contributed by atoms with Crippen LogP contribution in [0.25, 0.3) is 10.9 Å². The van der Waals surface area contributed by atoms with Gasteiger partial charge in [0.1, 0.15) is 5.82 Å². The van der Waals surface area contributed by atoms with E-state index < -0.39 is 5.79 Å². The zero-order valence-corrected chi connectivity index (χ0v) is 15.6. The summed E-state index contributed by atoms with van der Waals surface area (Å²) in [4.78, 5) is 18.8. The largest absolute Gasteiger partial charge is 0.347 e. The molecule has 0 amide bonds. The van der Waals surface area contributed by atoms with E-state index in [0.29, 0.717) is 43.5 Å². The molecule has 1 spiro atoms. The number of hydrogen-bond acceptors (Lipinski definition) is 5. The number of hydrogen-bond donors (Lipinski definition) is 0. The van der Waals surface area contributed by atoms with Crippen LogP contribution in [-0.4, -0.2) is 28.6 Å². The molecule has 2 aliphatic heterocycles. The predicted molar refractivity (Wildman–Crippen MR) is 104 cm³/mol. The van der Waals surface area contributed by atoms with Crippen molar-refractivity contribution in [2.75, 3.05) is 13.2 Å². The number of fused-ring (bicyclic) bond motifs is 2. The first kappa shape index (κ1) is 16.7. The molecular formula is C21H18N2O3S. The Morgan fingerprint density at radius 3 is 2.85 bits per heavy atom. The maximum absolute atomic E-state index is 13.0. The molecule has 1 fully saturated rings. The third kappa shape index (κ3) is 3.08. The van der Waals surface area contributed by atoms with Crippen molar-refractivity contribution >= 4 is 22.2 Å². The Morgan fingerprint density at radius 2 is 2.04 bits per heavy atom. The van der Waals surface area contributed by atoms with Crippen LogP contribution in [0, 0.1) is 11.8 Å². The van der Waals surface area contributed by atoms with Crippen molar-refractivity contribution in [1.82, 2.24) is 9.55 Å². The van der Waals surface area contributed by atoms with Gasteiger partial charge in [0.25, 0.3) is 5.56 Å². The van der Waals surface area contributed by atoms with E-state index in [9.17, 15) is 4.79 Å². The van der Waals surface area contributed by atoms with Crippen LogP contribution in [0.4, 0.5) is 0 Å². The Kier molecular flexibility index (Phi) is 4.09. The van der Waals surface area contributed by atoms with Crippen LogP contribution >= 0.6 is 11.3 Å². The van der Waals surface area contributed by atoms with Crippen LogP contribution in [0.15, 0.2) is 40.5 Å². The molecule has 0 unspecified atom stereocenters. The SMILES string of the molecule is O=c1c2ccc(C#Cc3cccs3)cc2nc2n1CCC1(CC2)OCCO1. The highest BCUT2D eigenvalue weighted by molar-refractivity contribution is 7.10. The van der Waals surface area contributed by atoms with Crippen molar-refractivity contribution in [3.63, 3.8) is 0 Å². The van der Waals surface area contributed by atoms with Crippen LogP contribution in [0.5, 0.6) is 0 Å². The number of aryl methyl sites for hydroxylation is 1. The van der Waals surface area contributed by atoms with Crippen molar-refractivity contribution in [1.29, 1.82) is 0 Å². The van der Waals surface area contributed by atoms with Gasteiger partial charge in [-0.25, -0.2) is 4.98 Å². The van der Waals surface area contributed by atoms with Gasteiger partial charge in [-0.1, -0.05) is 17.9 Å². The highest BCUT2D eigenvalue weighted by Gasteiger charge is 2.38. The second-order valence-corrected chi connectivity index (χ2v) is 7.75. The first-order chi connectivity index (χ1) is 13.2. The molecule has 0 N–H and O–H groups in total. The molecular weight excluding hydrogens is 360 g/mol. The molecule has 27 heavy (non-hydrogen) atoms. The number of rotatable bonds is 0. The van der Waals surface area contributed by atoms with E-state index in [1.807, 2.05) is 35.7 Å². The molecule has 5 rings (SSSR count). The minimum absolute atomic E-state index is 0.00260. The molecule has 0 bridgehead atoms. The molecule has 1 saturated heterocycles. The third-order valence-electron chi connectivity index (χ3n) is 5.14. The zero-order chi connectivity index (χ0) is 18.3. The van der Waals surface area contributed by atoms with Crippen molar-refractivity contribution in [3.05, 3.63) is 62.3 Å². The van der Waals surface area contributed by atoms with E-state index in [-0.39, 0.29) is 5.56 Å². The van der Waals surface area contributed by atoms with Crippen molar-refractivity contribution < 1.29 is 9.47 Å². The summed E-state index contributed by atoms with van der Waals surface area (Å²) in [5.74, 6) is 6.56. The normalized spacial score (nSPS) is 18.1. The topological polar surface area (TPSA) is 53.4 Å². The molecule has 0 radical (unpaired) electrons. The maximum Gasteiger partial charge on any atom is 0.261 e. The summed E-state index contributed by atoms with van der Waals surface area (Å²) >= 11 is 1.61. The van der Waals surface area contributed by atoms with Crippen molar-refractivity contribution in [2.24, 2.45) is 0 Å². The summed E-state index contributed by atoms with van der Waals surface area (Å²) in [6.07, 6.45) is 2.07. The van der Waals surface area contributed by atoms with Gasteiger partial charge in [0, 0.05) is 31.4 Å². The van der Waals surface area contributed by atoms with Crippen LogP contribution < -0.4 is 5.56 Å². The van der Waals surface area contributed by atoms with E-state index in [1.165, 1.54) is 0 Å². The lowest BCUT2D eigenvalue weighted by molar-refractivity contribution is -0.165. The molecule has 5 nitrogen and oxygen atoms in total. The smallest absolute Gasteiger partial charge is 0.261 e. The summed E-state index contributed by atoms with van der Waals surface area (Å²) in [5, 5.41) is 2.64. The molecule has 0 atom stereocenters. The van der Waals surface area contributed by atoms with Gasteiger partial charge in [0.2, 0.25) is 0 Å². The highest BCUT2D eigenvalue weighted by atomic mass is 32.1. The first-order valence-corrected chi connectivity index (χ1v) is 9.97. The Hall–Kier alpha value is -2.46. The van der Waals surface area contributed by atoms with E-state index in [1.54, 1.807) is 15.9 Å². The van der Waals surface area contributed by atoms with E-state index >= 15 is 0 Å². The second kappa shape index (κ2) is 6.61. The Bertz CT molecular complexity index is 1120. The molecule has 0 aliphatic carbocycles. The minimum Gasteiger partial charge on any atom is -0.347 e. The molecule has 6 heteroatoms. The molecule has 136 valence electrons. The van der Waals surface area contributed by atoms with E-state index in [4.69, 9.17) is 14.5 Å². The Balaban J connectivity index is 1.53. The first-order valence-electron chi connectivity index (χ1n) is 9.09. The second-order valence-electron chi connectivity index (χ2n) is 6.80. The lowest BCUT2D eigenvalue weighted by Gasteiger charge is -2.24. The molecule has 3 aromatic rings. The summed E-state index contributed by atoms with van der Waals surface area (Å²) in [6, 6.07) is 9.60. The average Bonchev–Trinajstić information content (AvgIpc) is 3.33. The monoisotopic (exact) mass is 378 g/mol. The average molecular weight is 378 g/mol. The van der Waals surface area contributed by atoms with E-state index in [0.717, 1.165) is 22.7 Å². The zero-order valence-electron chi connectivity index (χ0n) is 14.7. The molecule has 2 aromatic heterocycles. The predicted octanol–water partition coefficient (Wildman–Crippen LogP) is 2.94.